The summed E-state index contributed by atoms with van der Waals surface area (Å²) < 4.78 is 26.6. The Morgan fingerprint density at radius 2 is 1.80 bits per heavy atom. The number of rotatable bonds is 7. The lowest BCUT2D eigenvalue weighted by molar-refractivity contribution is -0.135. The second-order valence-corrected chi connectivity index (χ2v) is 9.97. The smallest absolute Gasteiger partial charge is 0.243 e. The first-order chi connectivity index (χ1) is 14.2. The molecule has 2 aliphatic rings. The number of carbonyl (C=O) groups excluding carboxylic acids is 3. The van der Waals surface area contributed by atoms with Crippen molar-refractivity contribution in [1.82, 2.24) is 14.5 Å². The molecule has 0 radical (unpaired) electrons. The number of anilines is 1. The molecule has 1 aromatic carbocycles. The summed E-state index contributed by atoms with van der Waals surface area (Å²) in [5.74, 6) is -0.833. The first-order valence-corrected chi connectivity index (χ1v) is 11.5. The van der Waals surface area contributed by atoms with Crippen LogP contribution in [0, 0.1) is 5.92 Å². The van der Waals surface area contributed by atoms with E-state index in [1.165, 1.54) is 38.2 Å². The summed E-state index contributed by atoms with van der Waals surface area (Å²) in [4.78, 5) is 37.7. The van der Waals surface area contributed by atoms with Gasteiger partial charge in [-0.3, -0.25) is 14.4 Å². The highest BCUT2D eigenvalue weighted by Crippen LogP contribution is 2.23. The Morgan fingerprint density at radius 3 is 2.40 bits per heavy atom. The fourth-order valence-corrected chi connectivity index (χ4v) is 4.55. The van der Waals surface area contributed by atoms with E-state index in [1.807, 2.05) is 0 Å². The lowest BCUT2D eigenvalue weighted by Gasteiger charge is -2.33. The van der Waals surface area contributed by atoms with Crippen LogP contribution in [-0.2, 0) is 24.4 Å². The van der Waals surface area contributed by atoms with Gasteiger partial charge in [-0.2, -0.15) is 4.31 Å². The third-order valence-corrected chi connectivity index (χ3v) is 7.13. The zero-order chi connectivity index (χ0) is 21.9. The Bertz CT molecular complexity index is 912. The highest BCUT2D eigenvalue weighted by molar-refractivity contribution is 7.89. The quantitative estimate of drug-likeness (QED) is 0.655. The standard InChI is InChI=1S/C20H28N4O5S/c1-14(25)21-16-7-9-18(10-8-16)30(28,29)23(2)13-19(26)24-11-3-4-15(12-24)20(27)22-17-5-6-17/h7-10,15,17H,3-6,11-13H2,1-2H3,(H,21,25)(H,22,27). The Morgan fingerprint density at radius 1 is 1.13 bits per heavy atom. The Labute approximate surface area is 176 Å². The number of likely N-dealkylation sites (N-methyl/N-ethyl adjacent to an activating group) is 1. The molecule has 0 spiro atoms. The molecule has 1 unspecified atom stereocenters. The molecule has 1 saturated heterocycles. The lowest BCUT2D eigenvalue weighted by atomic mass is 9.97. The van der Waals surface area contributed by atoms with E-state index in [0.29, 0.717) is 18.8 Å². The van der Waals surface area contributed by atoms with Gasteiger partial charge in [0, 0.05) is 38.8 Å². The summed E-state index contributed by atoms with van der Waals surface area (Å²) in [6.07, 6.45) is 3.47. The van der Waals surface area contributed by atoms with E-state index in [-0.39, 0.29) is 41.1 Å². The average Bonchev–Trinajstić information content (AvgIpc) is 3.52. The van der Waals surface area contributed by atoms with Crippen LogP contribution in [-0.4, -0.2) is 68.1 Å². The van der Waals surface area contributed by atoms with Gasteiger partial charge in [-0.1, -0.05) is 0 Å². The number of likely N-dealkylation sites (tertiary alicyclic amines) is 1. The van der Waals surface area contributed by atoms with Gasteiger partial charge in [0.05, 0.1) is 17.4 Å². The summed E-state index contributed by atoms with van der Waals surface area (Å²) in [6, 6.07) is 6.05. The van der Waals surface area contributed by atoms with E-state index < -0.39 is 10.0 Å². The Kier molecular flexibility index (Phi) is 6.77. The van der Waals surface area contributed by atoms with E-state index in [2.05, 4.69) is 10.6 Å². The van der Waals surface area contributed by atoms with Crippen molar-refractivity contribution in [1.29, 1.82) is 0 Å². The van der Waals surface area contributed by atoms with E-state index in [1.54, 1.807) is 4.90 Å². The maximum Gasteiger partial charge on any atom is 0.243 e. The van der Waals surface area contributed by atoms with Crippen LogP contribution >= 0.6 is 0 Å². The Balaban J connectivity index is 1.59. The van der Waals surface area contributed by atoms with E-state index in [9.17, 15) is 22.8 Å². The van der Waals surface area contributed by atoms with Gasteiger partial charge in [0.15, 0.2) is 0 Å². The van der Waals surface area contributed by atoms with Gasteiger partial charge in [0.25, 0.3) is 0 Å². The molecule has 1 heterocycles. The zero-order valence-corrected chi connectivity index (χ0v) is 18.1. The predicted octanol–water partition coefficient (Wildman–Crippen LogP) is 0.783. The molecule has 1 aliphatic heterocycles. The number of amides is 3. The molecule has 1 atom stereocenters. The minimum Gasteiger partial charge on any atom is -0.353 e. The van der Waals surface area contributed by atoms with Crippen LogP contribution in [0.3, 0.4) is 0 Å². The van der Waals surface area contributed by atoms with Crippen LogP contribution < -0.4 is 10.6 Å². The van der Waals surface area contributed by atoms with Gasteiger partial charge >= 0.3 is 0 Å². The normalized spacial score (nSPS) is 19.4. The summed E-state index contributed by atoms with van der Waals surface area (Å²) in [5, 5.41) is 5.55. The molecule has 30 heavy (non-hydrogen) atoms. The fraction of sp³-hybridized carbons (Fsp3) is 0.550. The summed E-state index contributed by atoms with van der Waals surface area (Å²) in [7, 11) is -2.50. The zero-order valence-electron chi connectivity index (χ0n) is 17.3. The number of hydrogen-bond donors (Lipinski definition) is 2. The number of piperidine rings is 1. The third kappa shape index (κ3) is 5.57. The molecule has 3 amide bonds. The van der Waals surface area contributed by atoms with Crippen molar-refractivity contribution in [3.05, 3.63) is 24.3 Å². The molecule has 0 aromatic heterocycles. The number of sulfonamides is 1. The van der Waals surface area contributed by atoms with Gasteiger partial charge in [0.1, 0.15) is 0 Å². The summed E-state index contributed by atoms with van der Waals surface area (Å²) >= 11 is 0. The first-order valence-electron chi connectivity index (χ1n) is 10.1. The van der Waals surface area contributed by atoms with Gasteiger partial charge in [-0.15, -0.1) is 0 Å². The van der Waals surface area contributed by atoms with Crippen LogP contribution in [0.15, 0.2) is 29.2 Å². The van der Waals surface area contributed by atoms with Crippen molar-refractivity contribution in [3.63, 3.8) is 0 Å². The van der Waals surface area contributed by atoms with Crippen molar-refractivity contribution in [2.24, 2.45) is 5.92 Å². The molecule has 3 rings (SSSR count). The largest absolute Gasteiger partial charge is 0.353 e. The average molecular weight is 437 g/mol. The van der Waals surface area contributed by atoms with E-state index in [0.717, 1.165) is 30.0 Å². The topological polar surface area (TPSA) is 116 Å². The number of carbonyl (C=O) groups is 3. The fourth-order valence-electron chi connectivity index (χ4n) is 3.43. The summed E-state index contributed by atoms with van der Waals surface area (Å²) in [6.45, 7) is 1.90. The number of hydrogen-bond acceptors (Lipinski definition) is 5. The minimum atomic E-state index is -3.86. The van der Waals surface area contributed by atoms with E-state index >= 15 is 0 Å². The molecule has 9 nitrogen and oxygen atoms in total. The highest BCUT2D eigenvalue weighted by atomic mass is 32.2. The lowest BCUT2D eigenvalue weighted by Crippen LogP contribution is -2.48. The molecule has 1 aromatic rings. The molecule has 1 aliphatic carbocycles. The van der Waals surface area contributed by atoms with Crippen LogP contribution in [0.25, 0.3) is 0 Å². The second-order valence-electron chi connectivity index (χ2n) is 7.93. The molecular formula is C20H28N4O5S. The molecule has 0 bridgehead atoms. The molecule has 164 valence electrons. The number of nitrogens with zero attached hydrogens (tertiary/aromatic N) is 2. The van der Waals surface area contributed by atoms with Gasteiger partial charge < -0.3 is 15.5 Å². The van der Waals surface area contributed by atoms with Gasteiger partial charge in [0.2, 0.25) is 27.7 Å². The molecule has 1 saturated carbocycles. The SMILES string of the molecule is CC(=O)Nc1ccc(S(=O)(=O)N(C)CC(=O)N2CCCC(C(=O)NC3CC3)C2)cc1. The van der Waals surface area contributed by atoms with Gasteiger partial charge in [-0.05, 0) is 49.9 Å². The van der Waals surface area contributed by atoms with Crippen LogP contribution in [0.5, 0.6) is 0 Å². The second kappa shape index (κ2) is 9.13. The van der Waals surface area contributed by atoms with Crippen LogP contribution in [0.4, 0.5) is 5.69 Å². The van der Waals surface area contributed by atoms with Crippen LogP contribution in [0.1, 0.15) is 32.6 Å². The molecule has 10 heteroatoms. The number of benzene rings is 1. The van der Waals surface area contributed by atoms with Crippen molar-refractivity contribution in [2.75, 3.05) is 32.0 Å². The highest BCUT2D eigenvalue weighted by Gasteiger charge is 2.33. The van der Waals surface area contributed by atoms with Crippen molar-refractivity contribution in [3.8, 4) is 0 Å². The maximum absolute atomic E-state index is 12.8. The van der Waals surface area contributed by atoms with Crippen molar-refractivity contribution < 1.29 is 22.8 Å². The van der Waals surface area contributed by atoms with Gasteiger partial charge in [-0.25, -0.2) is 8.42 Å². The maximum atomic E-state index is 12.8. The first kappa shape index (κ1) is 22.2. The molecular weight excluding hydrogens is 408 g/mol. The Hall–Kier alpha value is -2.46. The number of nitrogens with one attached hydrogen (secondary N) is 2. The molecule has 2 N–H and O–H groups in total. The van der Waals surface area contributed by atoms with Crippen molar-refractivity contribution >= 4 is 33.4 Å². The summed E-state index contributed by atoms with van der Waals surface area (Å²) in [5.41, 5.74) is 0.490. The minimum absolute atomic E-state index is 0.0183. The predicted molar refractivity (Wildman–Crippen MR) is 111 cm³/mol. The monoisotopic (exact) mass is 436 g/mol. The molecule has 2 fully saturated rings. The third-order valence-electron chi connectivity index (χ3n) is 5.31. The van der Waals surface area contributed by atoms with E-state index in [4.69, 9.17) is 0 Å². The van der Waals surface area contributed by atoms with Crippen molar-refractivity contribution in [2.45, 2.75) is 43.5 Å². The van der Waals surface area contributed by atoms with Crippen LogP contribution in [0.2, 0.25) is 0 Å².